The molecule has 0 fully saturated rings. The molecule has 1 aliphatic rings. The van der Waals surface area contributed by atoms with Gasteiger partial charge in [-0.1, -0.05) is 48.5 Å². The van der Waals surface area contributed by atoms with Gasteiger partial charge in [-0.3, -0.25) is 9.59 Å². The molecule has 0 bridgehead atoms. The van der Waals surface area contributed by atoms with E-state index in [4.69, 9.17) is 0 Å². The first-order chi connectivity index (χ1) is 13.8. The molecule has 29 heavy (non-hydrogen) atoms. The second-order valence-corrected chi connectivity index (χ2v) is 5.73. The Balaban J connectivity index is 0.000000941. The molecule has 2 amide bonds. The van der Waals surface area contributed by atoms with Crippen LogP contribution in [0, 0.1) is 0 Å². The number of carbonyl (C=O) groups excluding carboxylic acids is 2. The number of ether oxygens (including phenoxy) is 1. The highest BCUT2D eigenvalue weighted by Crippen LogP contribution is 2.25. The van der Waals surface area contributed by atoms with Crippen molar-refractivity contribution >= 4 is 29.4 Å². The van der Waals surface area contributed by atoms with Crippen LogP contribution in [0.2, 0.25) is 0 Å². The largest absolute Gasteiger partial charge is 0.471 e. The van der Waals surface area contributed by atoms with Gasteiger partial charge in [-0.2, -0.15) is 18.2 Å². The van der Waals surface area contributed by atoms with Gasteiger partial charge in [0.25, 0.3) is 5.91 Å². The van der Waals surface area contributed by atoms with Gasteiger partial charge in [0.1, 0.15) is 0 Å². The minimum absolute atomic E-state index is 0.141. The number of carbonyl (C=O) groups is 2. The molecule has 9 heteroatoms. The summed E-state index contributed by atoms with van der Waals surface area (Å²) in [6.45, 7) is 0. The molecular formula is C20H18F3N3O3. The van der Waals surface area contributed by atoms with Crippen LogP contribution in [0.15, 0.2) is 71.3 Å². The second-order valence-electron chi connectivity index (χ2n) is 5.73. The number of benzene rings is 2. The lowest BCUT2D eigenvalue weighted by Gasteiger charge is -2.10. The number of hydrogen-bond acceptors (Lipinski definition) is 4. The quantitative estimate of drug-likeness (QED) is 0.779. The minimum Gasteiger partial charge on any atom is -0.388 e. The molecule has 1 heterocycles. The van der Waals surface area contributed by atoms with E-state index in [9.17, 15) is 22.8 Å². The summed E-state index contributed by atoms with van der Waals surface area (Å²) in [5, 5.41) is 6.49. The molecular weight excluding hydrogens is 387 g/mol. The standard InChI is InChI=1S/C18H12F3N3O2.C2H6O/c19-18(20,21)17(26)22-15-14(11-12-7-3-1-4-8-12)16(25)24(23-15)13-9-5-2-6-10-13;1-3-2/h1-11H,(H,22,23,26);1-2H3/b14-11+;. The molecule has 0 aromatic heterocycles. The van der Waals surface area contributed by atoms with E-state index in [-0.39, 0.29) is 5.57 Å². The number of amidine groups is 1. The number of methoxy groups -OCH3 is 1. The smallest absolute Gasteiger partial charge is 0.388 e. The van der Waals surface area contributed by atoms with Crippen molar-refractivity contribution in [3.8, 4) is 0 Å². The lowest BCUT2D eigenvalue weighted by molar-refractivity contribution is -0.171. The number of anilines is 1. The summed E-state index contributed by atoms with van der Waals surface area (Å²) in [5.41, 5.74) is 0.810. The van der Waals surface area contributed by atoms with Crippen molar-refractivity contribution in [2.45, 2.75) is 6.18 Å². The van der Waals surface area contributed by atoms with Crippen molar-refractivity contribution in [1.29, 1.82) is 0 Å². The Labute approximate surface area is 165 Å². The van der Waals surface area contributed by atoms with Crippen LogP contribution in [0.5, 0.6) is 0 Å². The van der Waals surface area contributed by atoms with Crippen LogP contribution in [-0.4, -0.2) is 38.0 Å². The molecule has 0 radical (unpaired) electrons. The van der Waals surface area contributed by atoms with Gasteiger partial charge in [-0.25, -0.2) is 0 Å². The summed E-state index contributed by atoms with van der Waals surface area (Å²) < 4.78 is 42.0. The van der Waals surface area contributed by atoms with Gasteiger partial charge < -0.3 is 10.1 Å². The highest BCUT2D eigenvalue weighted by atomic mass is 19.4. The summed E-state index contributed by atoms with van der Waals surface area (Å²) in [4.78, 5) is 24.0. The molecule has 1 aliphatic heterocycles. The van der Waals surface area contributed by atoms with Crippen molar-refractivity contribution in [2.75, 3.05) is 19.2 Å². The van der Waals surface area contributed by atoms with E-state index in [1.165, 1.54) is 6.08 Å². The van der Waals surface area contributed by atoms with Gasteiger partial charge in [0.15, 0.2) is 5.84 Å². The van der Waals surface area contributed by atoms with Crippen molar-refractivity contribution in [3.05, 3.63) is 71.8 Å². The van der Waals surface area contributed by atoms with E-state index in [1.54, 1.807) is 80.2 Å². The first-order valence-electron chi connectivity index (χ1n) is 8.31. The SMILES string of the molecule is COC.O=C1/C(=C/c2ccccc2)C(NC(=O)C(F)(F)F)=NN1c1ccccc1. The van der Waals surface area contributed by atoms with E-state index in [2.05, 4.69) is 9.84 Å². The molecule has 1 N–H and O–H groups in total. The van der Waals surface area contributed by atoms with Gasteiger partial charge in [0, 0.05) is 14.2 Å². The summed E-state index contributed by atoms with van der Waals surface area (Å²) >= 11 is 0. The number of hydrazone groups is 1. The summed E-state index contributed by atoms with van der Waals surface area (Å²) in [7, 11) is 3.25. The number of halogens is 3. The Morgan fingerprint density at radius 1 is 1.03 bits per heavy atom. The van der Waals surface area contributed by atoms with Crippen LogP contribution < -0.4 is 10.3 Å². The van der Waals surface area contributed by atoms with Gasteiger partial charge >= 0.3 is 12.1 Å². The highest BCUT2D eigenvalue weighted by molar-refractivity contribution is 6.34. The zero-order valence-corrected chi connectivity index (χ0v) is 15.6. The first-order valence-corrected chi connectivity index (χ1v) is 8.31. The van der Waals surface area contributed by atoms with Crippen LogP contribution in [0.25, 0.3) is 6.08 Å². The molecule has 0 aliphatic carbocycles. The molecule has 2 aromatic carbocycles. The van der Waals surface area contributed by atoms with Gasteiger partial charge in [-0.15, -0.1) is 5.10 Å². The molecule has 152 valence electrons. The van der Waals surface area contributed by atoms with Crippen molar-refractivity contribution in [1.82, 2.24) is 5.32 Å². The Bertz CT molecular complexity index is 911. The lowest BCUT2D eigenvalue weighted by atomic mass is 10.1. The maximum atomic E-state index is 12.7. The monoisotopic (exact) mass is 405 g/mol. The maximum Gasteiger partial charge on any atom is 0.471 e. The minimum atomic E-state index is -5.09. The number of hydrogen-bond donors (Lipinski definition) is 1. The third-order valence-corrected chi connectivity index (χ3v) is 3.48. The second kappa shape index (κ2) is 9.65. The number of alkyl halides is 3. The predicted molar refractivity (Wildman–Crippen MR) is 103 cm³/mol. The molecule has 3 rings (SSSR count). The van der Waals surface area contributed by atoms with Gasteiger partial charge in [-0.05, 0) is 23.8 Å². The number of rotatable bonds is 2. The van der Waals surface area contributed by atoms with E-state index in [1.807, 2.05) is 0 Å². The van der Waals surface area contributed by atoms with Crippen molar-refractivity contribution < 1.29 is 27.5 Å². The van der Waals surface area contributed by atoms with E-state index >= 15 is 0 Å². The Morgan fingerprint density at radius 2 is 1.55 bits per heavy atom. The molecule has 0 saturated carbocycles. The lowest BCUT2D eigenvalue weighted by Crippen LogP contribution is -2.41. The van der Waals surface area contributed by atoms with Crippen LogP contribution in [0.1, 0.15) is 5.56 Å². The first kappa shape index (κ1) is 21.8. The predicted octanol–water partition coefficient (Wildman–Crippen LogP) is 3.37. The van der Waals surface area contributed by atoms with Crippen LogP contribution in [0.4, 0.5) is 18.9 Å². The summed E-state index contributed by atoms with van der Waals surface area (Å²) in [6, 6.07) is 16.7. The van der Waals surface area contributed by atoms with E-state index < -0.39 is 23.8 Å². The van der Waals surface area contributed by atoms with E-state index in [0.29, 0.717) is 11.3 Å². The zero-order valence-electron chi connectivity index (χ0n) is 15.6. The number of amides is 2. The van der Waals surface area contributed by atoms with Crippen LogP contribution in [-0.2, 0) is 14.3 Å². The molecule has 0 spiro atoms. The Morgan fingerprint density at radius 3 is 2.07 bits per heavy atom. The van der Waals surface area contributed by atoms with Crippen molar-refractivity contribution in [2.24, 2.45) is 5.10 Å². The third-order valence-electron chi connectivity index (χ3n) is 3.48. The molecule has 2 aromatic rings. The van der Waals surface area contributed by atoms with Crippen LogP contribution in [0.3, 0.4) is 0 Å². The van der Waals surface area contributed by atoms with Gasteiger partial charge in [0.05, 0.1) is 11.3 Å². The number of para-hydroxylation sites is 1. The fraction of sp³-hybridized carbons (Fsp3) is 0.150. The number of nitrogens with one attached hydrogen (secondary N) is 1. The molecule has 0 atom stereocenters. The fourth-order valence-corrected chi connectivity index (χ4v) is 2.28. The average molecular weight is 405 g/mol. The van der Waals surface area contributed by atoms with Gasteiger partial charge in [0.2, 0.25) is 0 Å². The molecule has 0 saturated heterocycles. The summed E-state index contributed by atoms with van der Waals surface area (Å²) in [6.07, 6.45) is -3.72. The molecule has 0 unspecified atom stereocenters. The maximum absolute atomic E-state index is 12.7. The van der Waals surface area contributed by atoms with Crippen LogP contribution >= 0.6 is 0 Å². The highest BCUT2D eigenvalue weighted by Gasteiger charge is 2.42. The Kier molecular flexibility index (Phi) is 7.27. The van der Waals surface area contributed by atoms with Crippen molar-refractivity contribution in [3.63, 3.8) is 0 Å². The normalized spacial score (nSPS) is 14.9. The van der Waals surface area contributed by atoms with E-state index in [0.717, 1.165) is 5.01 Å². The fourth-order valence-electron chi connectivity index (χ4n) is 2.28. The topological polar surface area (TPSA) is 71.0 Å². The summed E-state index contributed by atoms with van der Waals surface area (Å²) in [5.74, 6) is -3.29. The third kappa shape index (κ3) is 5.76. The average Bonchev–Trinajstić information content (AvgIpc) is 2.99. The number of nitrogens with zero attached hydrogens (tertiary/aromatic N) is 2. The zero-order chi connectivity index (χ0) is 21.4. The molecule has 6 nitrogen and oxygen atoms in total. The Hall–Kier alpha value is -3.46.